The molecule has 23 heavy (non-hydrogen) atoms. The van der Waals surface area contributed by atoms with Crippen LogP contribution in [0.25, 0.3) is 0 Å². The fraction of sp³-hybridized carbons (Fsp3) is 0.444. The third-order valence-corrected chi connectivity index (χ3v) is 5.60. The van der Waals surface area contributed by atoms with E-state index in [1.54, 1.807) is 19.2 Å². The first kappa shape index (κ1) is 14.3. The predicted octanol–water partition coefficient (Wildman–Crippen LogP) is 2.40. The molecule has 0 unspecified atom stereocenters. The first-order valence-corrected chi connectivity index (χ1v) is 7.97. The zero-order valence-corrected chi connectivity index (χ0v) is 12.8. The fourth-order valence-corrected chi connectivity index (χ4v) is 4.53. The number of methoxy groups -OCH3 is 1. The Morgan fingerprint density at radius 1 is 1.13 bits per heavy atom. The summed E-state index contributed by atoms with van der Waals surface area (Å²) >= 11 is 0. The molecule has 0 aromatic heterocycles. The van der Waals surface area contributed by atoms with Gasteiger partial charge in [0.1, 0.15) is 5.75 Å². The van der Waals surface area contributed by atoms with Crippen molar-refractivity contribution in [2.45, 2.75) is 6.42 Å². The van der Waals surface area contributed by atoms with Crippen LogP contribution >= 0.6 is 0 Å². The number of anilines is 1. The summed E-state index contributed by atoms with van der Waals surface area (Å²) in [5.74, 6) is -0.651. The molecule has 1 aromatic rings. The lowest BCUT2D eigenvalue weighted by Gasteiger charge is -2.41. The summed E-state index contributed by atoms with van der Waals surface area (Å²) < 4.78 is 5.25. The lowest BCUT2D eigenvalue weighted by molar-refractivity contribution is -0.152. The van der Waals surface area contributed by atoms with Gasteiger partial charge in [0.05, 0.1) is 24.6 Å². The Morgan fingerprint density at radius 2 is 1.78 bits per heavy atom. The number of nitrogens with one attached hydrogen (secondary N) is 1. The lowest BCUT2D eigenvalue weighted by Crippen LogP contribution is -2.48. The molecule has 5 nitrogen and oxygen atoms in total. The predicted molar refractivity (Wildman–Crippen MR) is 84.0 cm³/mol. The second-order valence-electron chi connectivity index (χ2n) is 6.68. The maximum absolute atomic E-state index is 12.8. The summed E-state index contributed by atoms with van der Waals surface area (Å²) in [6.45, 7) is 0. The standard InChI is InChI=1S/C18H19NO4/c1-23-14-5-3-2-4-13(14)19-17(20)15-9-6-7-10(12-8-11(9)12)16(15)18(21)22/h2-7,9-12,15-16H,8H2,1H3,(H,19,20)(H,21,22)/t9-,10-,11-,12-,15+,16+/m0/s1. The van der Waals surface area contributed by atoms with E-state index in [1.807, 2.05) is 18.2 Å². The van der Waals surface area contributed by atoms with Crippen molar-refractivity contribution in [3.8, 4) is 5.75 Å². The van der Waals surface area contributed by atoms with Gasteiger partial charge >= 0.3 is 5.97 Å². The van der Waals surface area contributed by atoms with Crippen molar-refractivity contribution in [3.05, 3.63) is 36.4 Å². The highest BCUT2D eigenvalue weighted by Crippen LogP contribution is 2.63. The molecule has 4 aliphatic carbocycles. The molecular formula is C18H19NO4. The first-order valence-electron chi connectivity index (χ1n) is 7.97. The van der Waals surface area contributed by atoms with Gasteiger partial charge in [-0.05, 0) is 42.2 Å². The molecule has 1 aromatic carbocycles. The highest BCUT2D eigenvalue weighted by Gasteiger charge is 2.62. The number of carbonyl (C=O) groups excluding carboxylic acids is 1. The summed E-state index contributed by atoms with van der Waals surface area (Å²) in [6, 6.07) is 7.18. The molecule has 5 rings (SSSR count). The monoisotopic (exact) mass is 313 g/mol. The zero-order chi connectivity index (χ0) is 16.1. The van der Waals surface area contributed by atoms with Gasteiger partial charge in [0.15, 0.2) is 0 Å². The van der Waals surface area contributed by atoms with Crippen molar-refractivity contribution in [1.82, 2.24) is 0 Å². The van der Waals surface area contributed by atoms with Crippen LogP contribution in [0, 0.1) is 35.5 Å². The number of aliphatic carboxylic acids is 1. The molecule has 0 heterocycles. The SMILES string of the molecule is COc1ccccc1NC(=O)[C@@H]1[C@H]2C=C[C@@H]([C@@H]3C[C@@H]23)[C@H]1C(=O)O. The highest BCUT2D eigenvalue weighted by molar-refractivity contribution is 5.97. The van der Waals surface area contributed by atoms with Gasteiger partial charge in [-0.15, -0.1) is 0 Å². The van der Waals surface area contributed by atoms with E-state index in [2.05, 4.69) is 11.4 Å². The van der Waals surface area contributed by atoms with Crippen LogP contribution in [0.2, 0.25) is 0 Å². The number of rotatable bonds is 4. The van der Waals surface area contributed by atoms with Gasteiger partial charge in [0.2, 0.25) is 5.91 Å². The summed E-state index contributed by atoms with van der Waals surface area (Å²) in [6.07, 6.45) is 5.12. The van der Waals surface area contributed by atoms with Gasteiger partial charge in [-0.25, -0.2) is 0 Å². The summed E-state index contributed by atoms with van der Waals surface area (Å²) in [5.41, 5.74) is 0.585. The molecule has 2 N–H and O–H groups in total. The number of fused-ring (bicyclic) bond motifs is 1. The number of hydrogen-bond acceptors (Lipinski definition) is 3. The molecule has 6 atom stereocenters. The molecule has 0 spiro atoms. The van der Waals surface area contributed by atoms with Crippen molar-refractivity contribution in [2.75, 3.05) is 12.4 Å². The van der Waals surface area contributed by atoms with Crippen LogP contribution in [0.3, 0.4) is 0 Å². The van der Waals surface area contributed by atoms with E-state index in [0.717, 1.165) is 6.42 Å². The minimum Gasteiger partial charge on any atom is -0.495 e. The van der Waals surface area contributed by atoms with Crippen LogP contribution in [0.15, 0.2) is 36.4 Å². The number of carboxylic acids is 1. The average molecular weight is 313 g/mol. The fourth-order valence-electron chi connectivity index (χ4n) is 4.53. The number of carbonyl (C=O) groups is 2. The third-order valence-electron chi connectivity index (χ3n) is 5.60. The van der Waals surface area contributed by atoms with Gasteiger partial charge in [-0.1, -0.05) is 24.3 Å². The van der Waals surface area contributed by atoms with Crippen molar-refractivity contribution >= 4 is 17.6 Å². The Hall–Kier alpha value is -2.30. The minimum atomic E-state index is -0.866. The third kappa shape index (κ3) is 2.14. The molecule has 0 saturated heterocycles. The van der Waals surface area contributed by atoms with E-state index in [1.165, 1.54) is 0 Å². The smallest absolute Gasteiger partial charge is 0.307 e. The molecule has 4 aliphatic rings. The number of carboxylic acid groups (broad SMARTS) is 1. The average Bonchev–Trinajstić information content (AvgIpc) is 3.36. The number of hydrogen-bond donors (Lipinski definition) is 2. The van der Waals surface area contributed by atoms with E-state index < -0.39 is 17.8 Å². The van der Waals surface area contributed by atoms with Crippen LogP contribution in [-0.4, -0.2) is 24.1 Å². The summed E-state index contributed by atoms with van der Waals surface area (Å²) in [5, 5.41) is 12.5. The second-order valence-corrected chi connectivity index (χ2v) is 6.68. The molecule has 1 amide bonds. The van der Waals surface area contributed by atoms with E-state index >= 15 is 0 Å². The summed E-state index contributed by atoms with van der Waals surface area (Å²) in [4.78, 5) is 24.6. The summed E-state index contributed by atoms with van der Waals surface area (Å²) in [7, 11) is 1.55. The molecule has 2 bridgehead atoms. The molecule has 120 valence electrons. The Balaban J connectivity index is 1.62. The van der Waals surface area contributed by atoms with Crippen LogP contribution in [-0.2, 0) is 9.59 Å². The maximum Gasteiger partial charge on any atom is 0.307 e. The number of ether oxygens (including phenoxy) is 1. The van der Waals surface area contributed by atoms with E-state index in [0.29, 0.717) is 23.3 Å². The Morgan fingerprint density at radius 3 is 2.43 bits per heavy atom. The molecule has 2 saturated carbocycles. The van der Waals surface area contributed by atoms with E-state index in [9.17, 15) is 14.7 Å². The van der Waals surface area contributed by atoms with Crippen LogP contribution < -0.4 is 10.1 Å². The van der Waals surface area contributed by atoms with Crippen molar-refractivity contribution in [3.63, 3.8) is 0 Å². The highest BCUT2D eigenvalue weighted by atomic mass is 16.5. The molecule has 0 aliphatic heterocycles. The number of para-hydroxylation sites is 2. The molecule has 0 radical (unpaired) electrons. The topological polar surface area (TPSA) is 75.6 Å². The van der Waals surface area contributed by atoms with Crippen LogP contribution in [0.1, 0.15) is 6.42 Å². The number of amides is 1. The van der Waals surface area contributed by atoms with Gasteiger partial charge in [0, 0.05) is 0 Å². The maximum atomic E-state index is 12.8. The van der Waals surface area contributed by atoms with Gasteiger partial charge in [0.25, 0.3) is 0 Å². The molecule has 2 fully saturated rings. The largest absolute Gasteiger partial charge is 0.495 e. The number of benzene rings is 1. The minimum absolute atomic E-state index is 0.00378. The van der Waals surface area contributed by atoms with Gasteiger partial charge in [-0.2, -0.15) is 0 Å². The van der Waals surface area contributed by atoms with Crippen LogP contribution in [0.4, 0.5) is 5.69 Å². The van der Waals surface area contributed by atoms with E-state index in [-0.39, 0.29) is 17.7 Å². The number of allylic oxidation sites excluding steroid dienone is 2. The van der Waals surface area contributed by atoms with Gasteiger partial charge < -0.3 is 15.2 Å². The quantitative estimate of drug-likeness (QED) is 0.837. The Bertz CT molecular complexity index is 698. The lowest BCUT2D eigenvalue weighted by atomic mass is 9.62. The molecular weight excluding hydrogens is 294 g/mol. The zero-order valence-electron chi connectivity index (χ0n) is 12.8. The van der Waals surface area contributed by atoms with Crippen molar-refractivity contribution in [1.29, 1.82) is 0 Å². The Labute approximate surface area is 134 Å². The first-order chi connectivity index (χ1) is 11.1. The Kier molecular flexibility index (Phi) is 3.18. The van der Waals surface area contributed by atoms with E-state index in [4.69, 9.17) is 4.74 Å². The van der Waals surface area contributed by atoms with Crippen molar-refractivity contribution < 1.29 is 19.4 Å². The second kappa shape index (κ2) is 5.11. The van der Waals surface area contributed by atoms with Crippen LogP contribution in [0.5, 0.6) is 5.75 Å². The molecule has 5 heteroatoms. The van der Waals surface area contributed by atoms with Crippen molar-refractivity contribution in [2.24, 2.45) is 35.5 Å². The normalized spacial score (nSPS) is 36.2. The van der Waals surface area contributed by atoms with Gasteiger partial charge in [-0.3, -0.25) is 9.59 Å².